The molecular weight excluding hydrogens is 326 g/mol. The first kappa shape index (κ1) is 15.8. The fourth-order valence-electron chi connectivity index (χ4n) is 3.25. The van der Waals surface area contributed by atoms with Gasteiger partial charge >= 0.3 is 0 Å². The highest BCUT2D eigenvalue weighted by Gasteiger charge is 2.29. The first-order chi connectivity index (χ1) is 11.7. The van der Waals surface area contributed by atoms with Crippen molar-refractivity contribution in [2.75, 3.05) is 13.1 Å². The Morgan fingerprint density at radius 2 is 2.12 bits per heavy atom. The van der Waals surface area contributed by atoms with Gasteiger partial charge in [-0.25, -0.2) is 0 Å². The topological polar surface area (TPSA) is 56.1 Å². The van der Waals surface area contributed by atoms with E-state index in [-0.39, 0.29) is 0 Å². The Kier molecular flexibility index (Phi) is 4.41. The van der Waals surface area contributed by atoms with E-state index in [4.69, 9.17) is 16.3 Å². The first-order valence-electron chi connectivity index (χ1n) is 8.57. The third-order valence-electron chi connectivity index (χ3n) is 4.85. The maximum absolute atomic E-state index is 5.94. The number of hydrogen-bond donors (Lipinski definition) is 0. The van der Waals surface area contributed by atoms with Crippen molar-refractivity contribution in [2.45, 2.75) is 45.4 Å². The molecule has 0 spiro atoms. The smallest absolute Gasteiger partial charge is 0.171 e. The maximum Gasteiger partial charge on any atom is 0.171 e. The van der Waals surface area contributed by atoms with Crippen LogP contribution in [0.25, 0.3) is 0 Å². The first-order valence-corrected chi connectivity index (χ1v) is 8.95. The molecule has 4 rings (SSSR count). The lowest BCUT2D eigenvalue weighted by Crippen LogP contribution is -2.36. The van der Waals surface area contributed by atoms with Crippen LogP contribution in [0.5, 0.6) is 5.75 Å². The number of aromatic nitrogens is 4. The quantitative estimate of drug-likeness (QED) is 0.832. The molecule has 7 heteroatoms. The van der Waals surface area contributed by atoms with Crippen molar-refractivity contribution in [1.29, 1.82) is 0 Å². The van der Waals surface area contributed by atoms with Gasteiger partial charge in [0.05, 0.1) is 11.2 Å². The summed E-state index contributed by atoms with van der Waals surface area (Å²) in [6.07, 6.45) is 6.97. The molecule has 1 aliphatic heterocycles. The molecule has 0 amide bonds. The summed E-state index contributed by atoms with van der Waals surface area (Å²) in [5.74, 6) is 3.49. The van der Waals surface area contributed by atoms with Crippen LogP contribution >= 0.6 is 11.6 Å². The van der Waals surface area contributed by atoms with Crippen LogP contribution in [0, 0.1) is 5.92 Å². The number of ether oxygens (including phenoxy) is 1. The van der Waals surface area contributed by atoms with Crippen LogP contribution in [-0.4, -0.2) is 43.8 Å². The molecule has 2 aromatic heterocycles. The van der Waals surface area contributed by atoms with E-state index in [9.17, 15) is 0 Å². The molecule has 1 atom stereocenters. The molecule has 0 N–H and O–H groups in total. The summed E-state index contributed by atoms with van der Waals surface area (Å²) in [4.78, 5) is 6.63. The van der Waals surface area contributed by atoms with Crippen molar-refractivity contribution in [2.24, 2.45) is 5.92 Å². The van der Waals surface area contributed by atoms with Crippen LogP contribution in [-0.2, 0) is 19.6 Å². The van der Waals surface area contributed by atoms with E-state index in [1.165, 1.54) is 19.4 Å². The SMILES string of the molecule is CC1Cc2nnc(COc3cncc(Cl)c3)n2CCN1CC1CC1. The summed E-state index contributed by atoms with van der Waals surface area (Å²) >= 11 is 5.94. The zero-order valence-corrected chi connectivity index (χ0v) is 14.6. The Bertz CT molecular complexity index is 715. The van der Waals surface area contributed by atoms with Gasteiger partial charge in [0.1, 0.15) is 18.2 Å². The summed E-state index contributed by atoms with van der Waals surface area (Å²) in [5, 5.41) is 9.28. The molecule has 1 unspecified atom stereocenters. The normalized spacial score (nSPS) is 21.3. The number of pyridine rings is 1. The Hall–Kier alpha value is -1.66. The van der Waals surface area contributed by atoms with Gasteiger partial charge in [-0.15, -0.1) is 10.2 Å². The van der Waals surface area contributed by atoms with Gasteiger partial charge in [-0.05, 0) is 25.7 Å². The van der Waals surface area contributed by atoms with Crippen molar-refractivity contribution < 1.29 is 4.74 Å². The van der Waals surface area contributed by atoms with Gasteiger partial charge in [0.2, 0.25) is 0 Å². The zero-order valence-electron chi connectivity index (χ0n) is 13.9. The highest BCUT2D eigenvalue weighted by atomic mass is 35.5. The molecule has 1 fully saturated rings. The molecule has 2 aromatic rings. The Balaban J connectivity index is 1.44. The van der Waals surface area contributed by atoms with E-state index in [1.807, 2.05) is 0 Å². The molecule has 0 saturated heterocycles. The van der Waals surface area contributed by atoms with E-state index in [2.05, 4.69) is 31.6 Å². The van der Waals surface area contributed by atoms with Crippen LogP contribution in [0.2, 0.25) is 5.02 Å². The lowest BCUT2D eigenvalue weighted by Gasteiger charge is -2.26. The van der Waals surface area contributed by atoms with Crippen molar-refractivity contribution in [3.8, 4) is 5.75 Å². The van der Waals surface area contributed by atoms with Crippen LogP contribution in [0.4, 0.5) is 0 Å². The molecule has 0 radical (unpaired) electrons. The second-order valence-electron chi connectivity index (χ2n) is 6.80. The molecule has 0 aromatic carbocycles. The Morgan fingerprint density at radius 3 is 2.92 bits per heavy atom. The zero-order chi connectivity index (χ0) is 16.5. The van der Waals surface area contributed by atoms with Crippen LogP contribution in [0.1, 0.15) is 31.4 Å². The van der Waals surface area contributed by atoms with E-state index < -0.39 is 0 Å². The third-order valence-corrected chi connectivity index (χ3v) is 5.06. The van der Waals surface area contributed by atoms with E-state index in [0.29, 0.717) is 23.4 Å². The highest BCUT2D eigenvalue weighted by molar-refractivity contribution is 6.30. The monoisotopic (exact) mass is 347 g/mol. The number of rotatable bonds is 5. The van der Waals surface area contributed by atoms with Gasteiger partial charge in [-0.3, -0.25) is 9.88 Å². The van der Waals surface area contributed by atoms with E-state index in [1.54, 1.807) is 18.5 Å². The van der Waals surface area contributed by atoms with Crippen molar-refractivity contribution in [1.82, 2.24) is 24.6 Å². The van der Waals surface area contributed by atoms with Gasteiger partial charge in [-0.2, -0.15) is 0 Å². The molecule has 1 aliphatic carbocycles. The molecule has 128 valence electrons. The molecule has 24 heavy (non-hydrogen) atoms. The number of nitrogens with zero attached hydrogens (tertiary/aromatic N) is 5. The summed E-state index contributed by atoms with van der Waals surface area (Å²) in [7, 11) is 0. The average Bonchev–Trinajstić information content (AvgIpc) is 3.33. The minimum atomic E-state index is 0.381. The largest absolute Gasteiger partial charge is 0.484 e. The van der Waals surface area contributed by atoms with E-state index in [0.717, 1.165) is 37.1 Å². The van der Waals surface area contributed by atoms with Crippen LogP contribution < -0.4 is 4.74 Å². The molecule has 1 saturated carbocycles. The van der Waals surface area contributed by atoms with Gasteiger partial charge in [0, 0.05) is 44.4 Å². The predicted octanol–water partition coefficient (Wildman–Crippen LogP) is 2.56. The van der Waals surface area contributed by atoms with Gasteiger partial charge in [-0.1, -0.05) is 11.6 Å². The van der Waals surface area contributed by atoms with Crippen molar-refractivity contribution in [3.63, 3.8) is 0 Å². The van der Waals surface area contributed by atoms with Gasteiger partial charge in [0.25, 0.3) is 0 Å². The lowest BCUT2D eigenvalue weighted by molar-refractivity contribution is 0.201. The standard InChI is InChI=1S/C17H22ClN5O/c1-12-6-16-20-21-17(11-24-15-7-14(18)8-19-9-15)23(16)5-4-22(12)10-13-2-3-13/h7-9,12-13H,2-6,10-11H2,1H3. The van der Waals surface area contributed by atoms with E-state index >= 15 is 0 Å². The average molecular weight is 348 g/mol. The minimum Gasteiger partial charge on any atom is -0.484 e. The maximum atomic E-state index is 5.94. The summed E-state index contributed by atoms with van der Waals surface area (Å²) < 4.78 is 7.99. The summed E-state index contributed by atoms with van der Waals surface area (Å²) in [5.41, 5.74) is 0. The molecule has 2 aliphatic rings. The molecule has 0 bridgehead atoms. The summed E-state index contributed by atoms with van der Waals surface area (Å²) in [6.45, 7) is 5.87. The van der Waals surface area contributed by atoms with Crippen molar-refractivity contribution >= 4 is 11.6 Å². The third kappa shape index (κ3) is 3.54. The van der Waals surface area contributed by atoms with Crippen LogP contribution in [0.3, 0.4) is 0 Å². The second-order valence-corrected chi connectivity index (χ2v) is 7.24. The molecule has 3 heterocycles. The lowest BCUT2D eigenvalue weighted by atomic mass is 10.2. The summed E-state index contributed by atoms with van der Waals surface area (Å²) in [6, 6.07) is 2.27. The fourth-order valence-corrected chi connectivity index (χ4v) is 3.42. The van der Waals surface area contributed by atoms with Crippen molar-refractivity contribution in [3.05, 3.63) is 35.1 Å². The minimum absolute atomic E-state index is 0.381. The van der Waals surface area contributed by atoms with Gasteiger partial charge < -0.3 is 9.30 Å². The molecular formula is C17H22ClN5O. The van der Waals surface area contributed by atoms with Crippen LogP contribution in [0.15, 0.2) is 18.5 Å². The van der Waals surface area contributed by atoms with Gasteiger partial charge in [0.15, 0.2) is 5.82 Å². The number of fused-ring (bicyclic) bond motifs is 1. The number of halogens is 1. The fraction of sp³-hybridized carbons (Fsp3) is 0.588. The molecule has 6 nitrogen and oxygen atoms in total. The second kappa shape index (κ2) is 6.69. The highest BCUT2D eigenvalue weighted by Crippen LogP contribution is 2.31. The Labute approximate surface area is 146 Å². The predicted molar refractivity (Wildman–Crippen MR) is 91.1 cm³/mol. The Morgan fingerprint density at radius 1 is 1.25 bits per heavy atom. The number of hydrogen-bond acceptors (Lipinski definition) is 5.